The van der Waals surface area contributed by atoms with Gasteiger partial charge in [0.05, 0.1) is 13.5 Å². The summed E-state index contributed by atoms with van der Waals surface area (Å²) < 4.78 is 5.11. The Labute approximate surface area is 126 Å². The average molecular weight is 302 g/mol. The Bertz CT molecular complexity index is 672. The smallest absolute Gasteiger partial charge is 0.307 e. The molecule has 0 bridgehead atoms. The predicted molar refractivity (Wildman–Crippen MR) is 82.0 cm³/mol. The fourth-order valence-electron chi connectivity index (χ4n) is 1.87. The lowest BCUT2D eigenvalue weighted by atomic mass is 10.0. The first-order valence-corrected chi connectivity index (χ1v) is 7.12. The van der Waals surface area contributed by atoms with Gasteiger partial charge in [-0.15, -0.1) is 11.3 Å². The zero-order chi connectivity index (χ0) is 15.2. The molecule has 1 aromatic carbocycles. The number of carbonyl (C=O) groups is 2. The molecule has 1 aromatic heterocycles. The molecule has 21 heavy (non-hydrogen) atoms. The Morgan fingerprint density at radius 3 is 2.76 bits per heavy atom. The van der Waals surface area contributed by atoms with Crippen molar-refractivity contribution in [2.24, 2.45) is 0 Å². The van der Waals surface area contributed by atoms with Gasteiger partial charge in [-0.3, -0.25) is 9.59 Å². The van der Waals surface area contributed by atoms with Crippen LogP contribution in [0.2, 0.25) is 0 Å². The lowest BCUT2D eigenvalue weighted by Gasteiger charge is -2.07. The van der Waals surface area contributed by atoms with Crippen LogP contribution in [-0.2, 0) is 11.2 Å². The van der Waals surface area contributed by atoms with E-state index in [1.807, 2.05) is 17.5 Å². The second-order valence-corrected chi connectivity index (χ2v) is 5.29. The summed E-state index contributed by atoms with van der Waals surface area (Å²) in [5, 5.41) is 10.8. The second kappa shape index (κ2) is 6.85. The zero-order valence-electron chi connectivity index (χ0n) is 11.4. The van der Waals surface area contributed by atoms with Gasteiger partial charge in [-0.05, 0) is 41.8 Å². The highest BCUT2D eigenvalue weighted by molar-refractivity contribution is 7.10. The van der Waals surface area contributed by atoms with Crippen LogP contribution >= 0.6 is 11.3 Å². The number of carboxylic acid groups (broad SMARTS) is 1. The van der Waals surface area contributed by atoms with Crippen molar-refractivity contribution in [3.05, 3.63) is 57.8 Å². The average Bonchev–Trinajstić information content (AvgIpc) is 2.97. The standard InChI is InChI=1S/C16H14O4S/c1-20-15-7-4-11(9-12(15)10-16(18)19)14(17)6-5-13-3-2-8-21-13/h2-9H,10H2,1H3,(H,18,19)/b6-5+. The third-order valence-corrected chi connectivity index (χ3v) is 3.69. The number of rotatable bonds is 6. The molecule has 0 aliphatic rings. The molecular formula is C16H14O4S. The summed E-state index contributed by atoms with van der Waals surface area (Å²) in [5.74, 6) is -0.666. The van der Waals surface area contributed by atoms with Crippen LogP contribution in [0.25, 0.3) is 6.08 Å². The number of aliphatic carboxylic acids is 1. The summed E-state index contributed by atoms with van der Waals surface area (Å²) in [4.78, 5) is 23.9. The first kappa shape index (κ1) is 15.0. The van der Waals surface area contributed by atoms with Crippen molar-refractivity contribution in [3.8, 4) is 5.75 Å². The van der Waals surface area contributed by atoms with E-state index < -0.39 is 5.97 Å². The molecule has 0 unspecified atom stereocenters. The molecule has 0 aliphatic carbocycles. The number of ether oxygens (including phenoxy) is 1. The van der Waals surface area contributed by atoms with Crippen molar-refractivity contribution in [1.29, 1.82) is 0 Å². The van der Waals surface area contributed by atoms with Gasteiger partial charge in [0, 0.05) is 16.0 Å². The summed E-state index contributed by atoms with van der Waals surface area (Å²) in [7, 11) is 1.47. The maximum absolute atomic E-state index is 12.1. The highest BCUT2D eigenvalue weighted by atomic mass is 32.1. The van der Waals surface area contributed by atoms with Gasteiger partial charge < -0.3 is 9.84 Å². The van der Waals surface area contributed by atoms with Crippen LogP contribution in [0.15, 0.2) is 41.8 Å². The van der Waals surface area contributed by atoms with Crippen molar-refractivity contribution in [2.75, 3.05) is 7.11 Å². The molecular weight excluding hydrogens is 288 g/mol. The van der Waals surface area contributed by atoms with E-state index >= 15 is 0 Å². The molecule has 0 saturated carbocycles. The molecule has 0 saturated heterocycles. The number of ketones is 1. The quantitative estimate of drug-likeness (QED) is 0.657. The summed E-state index contributed by atoms with van der Waals surface area (Å²) in [5.41, 5.74) is 0.931. The summed E-state index contributed by atoms with van der Waals surface area (Å²) >= 11 is 1.54. The Morgan fingerprint density at radius 1 is 1.33 bits per heavy atom. The number of benzene rings is 1. The molecule has 0 fully saturated rings. The fourth-order valence-corrected chi connectivity index (χ4v) is 2.49. The molecule has 0 spiro atoms. The number of hydrogen-bond acceptors (Lipinski definition) is 4. The first-order chi connectivity index (χ1) is 10.1. The molecule has 4 nitrogen and oxygen atoms in total. The van der Waals surface area contributed by atoms with E-state index in [0.717, 1.165) is 4.88 Å². The van der Waals surface area contributed by atoms with Gasteiger partial charge in [-0.25, -0.2) is 0 Å². The number of methoxy groups -OCH3 is 1. The van der Waals surface area contributed by atoms with Gasteiger partial charge in [0.2, 0.25) is 0 Å². The molecule has 108 valence electrons. The number of carboxylic acids is 1. The van der Waals surface area contributed by atoms with Crippen LogP contribution < -0.4 is 4.74 Å². The molecule has 1 N–H and O–H groups in total. The minimum Gasteiger partial charge on any atom is -0.496 e. The maximum Gasteiger partial charge on any atom is 0.307 e. The first-order valence-electron chi connectivity index (χ1n) is 6.25. The molecule has 0 radical (unpaired) electrons. The van der Waals surface area contributed by atoms with E-state index in [2.05, 4.69) is 0 Å². The number of thiophene rings is 1. The van der Waals surface area contributed by atoms with Crippen LogP contribution in [0.4, 0.5) is 0 Å². The Hall–Kier alpha value is -2.40. The SMILES string of the molecule is COc1ccc(C(=O)/C=C/c2cccs2)cc1CC(=O)O. The van der Waals surface area contributed by atoms with E-state index in [4.69, 9.17) is 9.84 Å². The third-order valence-electron chi connectivity index (χ3n) is 2.85. The molecule has 0 amide bonds. The Balaban J connectivity index is 2.23. The van der Waals surface area contributed by atoms with Crippen LogP contribution in [-0.4, -0.2) is 24.0 Å². The van der Waals surface area contributed by atoms with Crippen LogP contribution in [0.1, 0.15) is 20.8 Å². The van der Waals surface area contributed by atoms with Crippen molar-refractivity contribution >= 4 is 29.2 Å². The number of hydrogen-bond donors (Lipinski definition) is 1. The van der Waals surface area contributed by atoms with Crippen molar-refractivity contribution in [1.82, 2.24) is 0 Å². The predicted octanol–water partition coefficient (Wildman–Crippen LogP) is 3.28. The Morgan fingerprint density at radius 2 is 2.14 bits per heavy atom. The Kier molecular flexibility index (Phi) is 4.90. The number of allylic oxidation sites excluding steroid dienone is 1. The largest absolute Gasteiger partial charge is 0.496 e. The molecule has 0 aliphatic heterocycles. The van der Waals surface area contributed by atoms with E-state index in [-0.39, 0.29) is 12.2 Å². The molecule has 5 heteroatoms. The highest BCUT2D eigenvalue weighted by Gasteiger charge is 2.11. The molecule has 1 heterocycles. The minimum absolute atomic E-state index is 0.169. The molecule has 2 aromatic rings. The van der Waals surface area contributed by atoms with E-state index in [9.17, 15) is 9.59 Å². The topological polar surface area (TPSA) is 63.6 Å². The van der Waals surface area contributed by atoms with Crippen LogP contribution in [0.3, 0.4) is 0 Å². The van der Waals surface area contributed by atoms with Crippen molar-refractivity contribution in [2.45, 2.75) is 6.42 Å². The van der Waals surface area contributed by atoms with Gasteiger partial charge >= 0.3 is 5.97 Å². The van der Waals surface area contributed by atoms with Gasteiger partial charge in [-0.1, -0.05) is 6.07 Å². The van der Waals surface area contributed by atoms with E-state index in [0.29, 0.717) is 16.9 Å². The normalized spacial score (nSPS) is 10.7. The third kappa shape index (κ3) is 4.03. The van der Waals surface area contributed by atoms with Gasteiger partial charge in [0.1, 0.15) is 5.75 Å². The summed E-state index contributed by atoms with van der Waals surface area (Å²) in [6, 6.07) is 8.63. The lowest BCUT2D eigenvalue weighted by molar-refractivity contribution is -0.136. The minimum atomic E-state index is -0.966. The highest BCUT2D eigenvalue weighted by Crippen LogP contribution is 2.21. The monoisotopic (exact) mass is 302 g/mol. The van der Waals surface area contributed by atoms with Crippen LogP contribution in [0.5, 0.6) is 5.75 Å². The number of carbonyl (C=O) groups excluding carboxylic acids is 1. The van der Waals surface area contributed by atoms with Crippen molar-refractivity contribution < 1.29 is 19.4 Å². The van der Waals surface area contributed by atoms with Crippen LogP contribution in [0, 0.1) is 0 Å². The summed E-state index contributed by atoms with van der Waals surface area (Å²) in [6.45, 7) is 0. The molecule has 0 atom stereocenters. The van der Waals surface area contributed by atoms with Crippen molar-refractivity contribution in [3.63, 3.8) is 0 Å². The van der Waals surface area contributed by atoms with E-state index in [1.165, 1.54) is 13.2 Å². The second-order valence-electron chi connectivity index (χ2n) is 4.31. The van der Waals surface area contributed by atoms with Gasteiger partial charge in [-0.2, -0.15) is 0 Å². The van der Waals surface area contributed by atoms with E-state index in [1.54, 1.807) is 35.6 Å². The molecule has 2 rings (SSSR count). The maximum atomic E-state index is 12.1. The summed E-state index contributed by atoms with van der Waals surface area (Å²) in [6.07, 6.45) is 3.05. The fraction of sp³-hybridized carbons (Fsp3) is 0.125. The zero-order valence-corrected chi connectivity index (χ0v) is 12.2. The lowest BCUT2D eigenvalue weighted by Crippen LogP contribution is -2.04. The van der Waals surface area contributed by atoms with Gasteiger partial charge in [0.25, 0.3) is 0 Å². The van der Waals surface area contributed by atoms with Gasteiger partial charge in [0.15, 0.2) is 5.78 Å².